The first-order valence-corrected chi connectivity index (χ1v) is 8.55. The summed E-state index contributed by atoms with van der Waals surface area (Å²) in [6.45, 7) is 7.71. The Morgan fingerprint density at radius 2 is 2.04 bits per heavy atom. The molecule has 0 spiro atoms. The van der Waals surface area contributed by atoms with Crippen molar-refractivity contribution in [2.75, 3.05) is 5.32 Å². The summed E-state index contributed by atoms with van der Waals surface area (Å²) < 4.78 is 0. The lowest BCUT2D eigenvalue weighted by Crippen LogP contribution is -2.45. The summed E-state index contributed by atoms with van der Waals surface area (Å²) in [4.78, 5) is 28.2. The number of nitrogens with one attached hydrogen (secondary N) is 2. The van der Waals surface area contributed by atoms with Gasteiger partial charge in [0.25, 0.3) is 0 Å². The molecule has 2 aromatic rings. The van der Waals surface area contributed by atoms with Gasteiger partial charge in [0.15, 0.2) is 0 Å². The number of aromatic nitrogens is 1. The molecule has 24 heavy (non-hydrogen) atoms. The largest absolute Gasteiger partial charge is 0.366 e. The molecule has 6 nitrogen and oxygen atoms in total. The minimum Gasteiger partial charge on any atom is -0.366 e. The molecule has 1 heterocycles. The Hall–Kier alpha value is -2.41. The summed E-state index contributed by atoms with van der Waals surface area (Å²) in [5, 5.41) is 8.59. The van der Waals surface area contributed by atoms with Crippen LogP contribution in [0.25, 0.3) is 0 Å². The van der Waals surface area contributed by atoms with Gasteiger partial charge in [0.05, 0.1) is 5.54 Å². The van der Waals surface area contributed by atoms with Crippen LogP contribution in [-0.2, 0) is 5.54 Å². The molecular weight excluding hydrogens is 324 g/mol. The van der Waals surface area contributed by atoms with Gasteiger partial charge in [0.1, 0.15) is 5.01 Å². The molecule has 0 radical (unpaired) electrons. The van der Waals surface area contributed by atoms with Crippen LogP contribution in [0.15, 0.2) is 23.6 Å². The molecule has 0 saturated carbocycles. The van der Waals surface area contributed by atoms with Gasteiger partial charge in [-0.25, -0.2) is 9.78 Å². The highest BCUT2D eigenvalue weighted by Gasteiger charge is 2.29. The molecule has 0 aliphatic carbocycles. The maximum Gasteiger partial charge on any atom is 0.320 e. The van der Waals surface area contributed by atoms with Gasteiger partial charge in [0.2, 0.25) is 5.91 Å². The Morgan fingerprint density at radius 3 is 2.58 bits per heavy atom. The highest BCUT2D eigenvalue weighted by atomic mass is 32.1. The van der Waals surface area contributed by atoms with Gasteiger partial charge in [-0.1, -0.05) is 13.0 Å². The molecule has 0 aliphatic heterocycles. The molecule has 7 heteroatoms. The molecule has 1 aromatic heterocycles. The Bertz CT molecular complexity index is 772. The number of amides is 3. The summed E-state index contributed by atoms with van der Waals surface area (Å²) in [5.74, 6) is -0.532. The first-order chi connectivity index (χ1) is 11.2. The van der Waals surface area contributed by atoms with Crippen LogP contribution in [0.4, 0.5) is 10.5 Å². The van der Waals surface area contributed by atoms with Crippen molar-refractivity contribution in [3.8, 4) is 0 Å². The van der Waals surface area contributed by atoms with Crippen molar-refractivity contribution >= 4 is 29.0 Å². The van der Waals surface area contributed by atoms with Crippen LogP contribution in [0.2, 0.25) is 0 Å². The third-order valence-electron chi connectivity index (χ3n) is 3.96. The number of anilines is 1. The Morgan fingerprint density at radius 1 is 1.33 bits per heavy atom. The van der Waals surface area contributed by atoms with E-state index >= 15 is 0 Å². The van der Waals surface area contributed by atoms with Gasteiger partial charge in [-0.05, 0) is 44.9 Å². The topological polar surface area (TPSA) is 97.1 Å². The van der Waals surface area contributed by atoms with Gasteiger partial charge in [-0.15, -0.1) is 11.3 Å². The van der Waals surface area contributed by atoms with Crippen LogP contribution in [0.3, 0.4) is 0 Å². The van der Waals surface area contributed by atoms with E-state index in [1.807, 2.05) is 33.1 Å². The third kappa shape index (κ3) is 3.91. The number of rotatable bonds is 5. The van der Waals surface area contributed by atoms with Gasteiger partial charge < -0.3 is 16.4 Å². The van der Waals surface area contributed by atoms with Crippen molar-refractivity contribution in [2.24, 2.45) is 5.73 Å². The van der Waals surface area contributed by atoms with E-state index in [1.165, 1.54) is 11.3 Å². The third-order valence-corrected chi connectivity index (χ3v) is 5.18. The van der Waals surface area contributed by atoms with Crippen molar-refractivity contribution < 1.29 is 9.59 Å². The molecule has 0 aliphatic rings. The van der Waals surface area contributed by atoms with E-state index in [0.29, 0.717) is 17.7 Å². The number of benzene rings is 1. The predicted molar refractivity (Wildman–Crippen MR) is 96.3 cm³/mol. The van der Waals surface area contributed by atoms with Gasteiger partial charge >= 0.3 is 6.03 Å². The van der Waals surface area contributed by atoms with E-state index in [4.69, 9.17) is 5.73 Å². The summed E-state index contributed by atoms with van der Waals surface area (Å²) in [6.07, 6.45) is 0.702. The SMILES string of the molecule is CC[C@@](C)(NC(=O)Nc1cc(C(N)=O)ccc1C)c1nc(C)cs1. The minimum absolute atomic E-state index is 0.350. The lowest BCUT2D eigenvalue weighted by Gasteiger charge is -2.27. The number of urea groups is 1. The van der Waals surface area contributed by atoms with Crippen LogP contribution < -0.4 is 16.4 Å². The van der Waals surface area contributed by atoms with E-state index in [-0.39, 0.29) is 6.03 Å². The molecule has 1 aromatic carbocycles. The summed E-state index contributed by atoms with van der Waals surface area (Å²) >= 11 is 1.52. The molecule has 128 valence electrons. The average Bonchev–Trinajstić information content (AvgIpc) is 2.96. The van der Waals surface area contributed by atoms with Crippen LogP contribution in [-0.4, -0.2) is 16.9 Å². The maximum atomic E-state index is 12.4. The normalized spacial score (nSPS) is 13.2. The van der Waals surface area contributed by atoms with E-state index in [9.17, 15) is 9.59 Å². The molecule has 3 amide bonds. The molecule has 2 rings (SSSR count). The Kier molecular flexibility index (Phi) is 5.23. The molecule has 0 saturated heterocycles. The fourth-order valence-corrected chi connectivity index (χ4v) is 3.20. The zero-order valence-corrected chi connectivity index (χ0v) is 15.1. The predicted octanol–water partition coefficient (Wildman–Crippen LogP) is 3.31. The number of thiazole rings is 1. The first-order valence-electron chi connectivity index (χ1n) is 7.67. The number of carbonyl (C=O) groups excluding carboxylic acids is 2. The molecule has 0 fully saturated rings. The fourth-order valence-electron chi connectivity index (χ4n) is 2.21. The first kappa shape index (κ1) is 17.9. The zero-order valence-electron chi connectivity index (χ0n) is 14.3. The Labute approximate surface area is 145 Å². The minimum atomic E-state index is -0.557. The molecule has 0 unspecified atom stereocenters. The molecule has 4 N–H and O–H groups in total. The molecular formula is C17H22N4O2S. The number of nitrogens with two attached hydrogens (primary N) is 1. The second-order valence-electron chi connectivity index (χ2n) is 5.95. The number of aryl methyl sites for hydroxylation is 2. The van der Waals surface area contributed by atoms with Gasteiger partial charge in [0, 0.05) is 22.3 Å². The quantitative estimate of drug-likeness (QED) is 0.775. The average molecular weight is 346 g/mol. The maximum absolute atomic E-state index is 12.4. The van der Waals surface area contributed by atoms with Crippen LogP contribution >= 0.6 is 11.3 Å². The molecule has 0 bridgehead atoms. The summed E-state index contributed by atoms with van der Waals surface area (Å²) in [7, 11) is 0. The van der Waals surface area contributed by atoms with E-state index < -0.39 is 11.4 Å². The van der Waals surface area contributed by atoms with Crippen molar-refractivity contribution in [3.05, 3.63) is 45.4 Å². The number of nitrogens with zero attached hydrogens (tertiary/aromatic N) is 1. The number of carbonyl (C=O) groups is 2. The zero-order chi connectivity index (χ0) is 17.9. The Balaban J connectivity index is 2.18. The number of hydrogen-bond donors (Lipinski definition) is 3. The van der Waals surface area contributed by atoms with Crippen LogP contribution in [0.1, 0.15) is 46.9 Å². The lowest BCUT2D eigenvalue weighted by atomic mass is 10.0. The van der Waals surface area contributed by atoms with E-state index in [0.717, 1.165) is 16.3 Å². The van der Waals surface area contributed by atoms with Gasteiger partial charge in [-0.3, -0.25) is 4.79 Å². The standard InChI is InChI=1S/C17H22N4O2S/c1-5-17(4,15-19-11(3)9-24-15)21-16(23)20-13-8-12(14(18)22)7-6-10(13)2/h6-9H,5H2,1-4H3,(H2,18,22)(H2,20,21,23)/t17-/m1/s1. The smallest absolute Gasteiger partial charge is 0.320 e. The van der Waals surface area contributed by atoms with Crippen molar-refractivity contribution in [1.29, 1.82) is 0 Å². The van der Waals surface area contributed by atoms with Crippen molar-refractivity contribution in [1.82, 2.24) is 10.3 Å². The van der Waals surface area contributed by atoms with Crippen molar-refractivity contribution in [2.45, 2.75) is 39.7 Å². The van der Waals surface area contributed by atoms with Crippen LogP contribution in [0, 0.1) is 13.8 Å². The second-order valence-corrected chi connectivity index (χ2v) is 6.81. The lowest BCUT2D eigenvalue weighted by molar-refractivity contribution is 0.1000. The fraction of sp³-hybridized carbons (Fsp3) is 0.353. The highest BCUT2D eigenvalue weighted by Crippen LogP contribution is 2.28. The molecule has 1 atom stereocenters. The van der Waals surface area contributed by atoms with E-state index in [1.54, 1.807) is 18.2 Å². The van der Waals surface area contributed by atoms with Crippen LogP contribution in [0.5, 0.6) is 0 Å². The van der Waals surface area contributed by atoms with Gasteiger partial charge in [-0.2, -0.15) is 0 Å². The summed E-state index contributed by atoms with van der Waals surface area (Å²) in [6, 6.07) is 4.61. The monoisotopic (exact) mass is 346 g/mol. The number of primary amides is 1. The van der Waals surface area contributed by atoms with Crippen molar-refractivity contribution in [3.63, 3.8) is 0 Å². The summed E-state index contributed by atoms with van der Waals surface area (Å²) in [5.41, 5.74) is 7.42. The number of hydrogen-bond acceptors (Lipinski definition) is 4. The second kappa shape index (κ2) is 7.00. The highest BCUT2D eigenvalue weighted by molar-refractivity contribution is 7.09. The van der Waals surface area contributed by atoms with E-state index in [2.05, 4.69) is 15.6 Å².